The zero-order chi connectivity index (χ0) is 14.9. The normalized spacial score (nSPS) is 17.1. The molecule has 1 aromatic carbocycles. The molecule has 0 radical (unpaired) electrons. The SMILES string of the molecule is CN1Cc2cc(C(=O)Cl)ccc2NC(CC(=O)O)C1=O.Cl. The van der Waals surface area contributed by atoms with E-state index in [1.54, 1.807) is 19.2 Å². The van der Waals surface area contributed by atoms with E-state index in [4.69, 9.17) is 16.7 Å². The van der Waals surface area contributed by atoms with E-state index in [0.717, 1.165) is 5.56 Å². The van der Waals surface area contributed by atoms with Gasteiger partial charge in [0, 0.05) is 24.8 Å². The smallest absolute Gasteiger partial charge is 0.305 e. The van der Waals surface area contributed by atoms with E-state index in [-0.39, 0.29) is 31.3 Å². The van der Waals surface area contributed by atoms with Gasteiger partial charge in [0.05, 0.1) is 6.42 Å². The third-order valence-electron chi connectivity index (χ3n) is 3.12. The van der Waals surface area contributed by atoms with Crippen LogP contribution in [0, 0.1) is 0 Å². The Morgan fingerprint density at radius 3 is 2.71 bits per heavy atom. The monoisotopic (exact) mass is 332 g/mol. The third kappa shape index (κ3) is 3.86. The number of likely N-dealkylation sites (N-methyl/N-ethyl adjacent to an activating group) is 1. The number of carboxylic acids is 1. The first-order chi connectivity index (χ1) is 9.38. The maximum Gasteiger partial charge on any atom is 0.305 e. The molecule has 0 aliphatic carbocycles. The molecule has 0 saturated carbocycles. The topological polar surface area (TPSA) is 86.7 Å². The molecular weight excluding hydrogens is 319 g/mol. The Hall–Kier alpha value is -1.79. The maximum atomic E-state index is 12.1. The van der Waals surface area contributed by atoms with E-state index in [1.165, 1.54) is 11.0 Å². The Morgan fingerprint density at radius 2 is 2.14 bits per heavy atom. The number of fused-ring (bicyclic) bond motifs is 1. The molecule has 1 heterocycles. The van der Waals surface area contributed by atoms with Gasteiger partial charge in [0.15, 0.2) is 0 Å². The van der Waals surface area contributed by atoms with Gasteiger partial charge in [0.25, 0.3) is 5.24 Å². The van der Waals surface area contributed by atoms with Gasteiger partial charge < -0.3 is 15.3 Å². The first kappa shape index (κ1) is 17.3. The predicted octanol–water partition coefficient (Wildman–Crippen LogP) is 1.71. The number of hydrogen-bond acceptors (Lipinski definition) is 4. The number of nitrogens with one attached hydrogen (secondary N) is 1. The van der Waals surface area contributed by atoms with E-state index in [2.05, 4.69) is 5.32 Å². The molecule has 1 atom stereocenters. The van der Waals surface area contributed by atoms with Crippen molar-refractivity contribution in [2.75, 3.05) is 12.4 Å². The molecule has 8 heteroatoms. The first-order valence-corrected chi connectivity index (χ1v) is 6.32. The van der Waals surface area contributed by atoms with Gasteiger partial charge in [-0.3, -0.25) is 14.4 Å². The number of rotatable bonds is 3. The summed E-state index contributed by atoms with van der Waals surface area (Å²) in [7, 11) is 1.59. The van der Waals surface area contributed by atoms with Crippen LogP contribution in [-0.4, -0.2) is 40.2 Å². The lowest BCUT2D eigenvalue weighted by Crippen LogP contribution is -2.39. The Labute approximate surface area is 132 Å². The van der Waals surface area contributed by atoms with Gasteiger partial charge in [-0.05, 0) is 35.4 Å². The molecule has 1 aromatic rings. The minimum Gasteiger partial charge on any atom is -0.481 e. The van der Waals surface area contributed by atoms with Crippen molar-refractivity contribution in [3.63, 3.8) is 0 Å². The van der Waals surface area contributed by atoms with Crippen molar-refractivity contribution in [2.45, 2.75) is 19.0 Å². The molecule has 1 aliphatic rings. The summed E-state index contributed by atoms with van der Waals surface area (Å²) < 4.78 is 0. The summed E-state index contributed by atoms with van der Waals surface area (Å²) in [5, 5.41) is 11.2. The quantitative estimate of drug-likeness (QED) is 0.823. The van der Waals surface area contributed by atoms with Gasteiger partial charge in [-0.1, -0.05) is 0 Å². The second-order valence-corrected chi connectivity index (χ2v) is 4.98. The fourth-order valence-corrected chi connectivity index (χ4v) is 2.27. The van der Waals surface area contributed by atoms with Crippen LogP contribution < -0.4 is 5.32 Å². The van der Waals surface area contributed by atoms with Crippen molar-refractivity contribution < 1.29 is 19.5 Å². The molecule has 0 aromatic heterocycles. The molecular formula is C13H14Cl2N2O4. The Balaban J connectivity index is 0.00000220. The molecule has 2 N–H and O–H groups in total. The van der Waals surface area contributed by atoms with Crippen LogP contribution in [-0.2, 0) is 16.1 Å². The molecule has 1 amide bonds. The number of anilines is 1. The van der Waals surface area contributed by atoms with Crippen LogP contribution in [0.25, 0.3) is 0 Å². The van der Waals surface area contributed by atoms with Crippen LogP contribution >= 0.6 is 24.0 Å². The van der Waals surface area contributed by atoms with Gasteiger partial charge in [-0.2, -0.15) is 0 Å². The molecule has 114 valence electrons. The molecule has 0 saturated heterocycles. The van der Waals surface area contributed by atoms with Gasteiger partial charge >= 0.3 is 5.97 Å². The highest BCUT2D eigenvalue weighted by Gasteiger charge is 2.29. The van der Waals surface area contributed by atoms with Crippen molar-refractivity contribution in [3.05, 3.63) is 29.3 Å². The van der Waals surface area contributed by atoms with Crippen molar-refractivity contribution in [1.29, 1.82) is 0 Å². The fraction of sp³-hybridized carbons (Fsp3) is 0.308. The maximum absolute atomic E-state index is 12.1. The lowest BCUT2D eigenvalue weighted by atomic mass is 10.1. The third-order valence-corrected chi connectivity index (χ3v) is 3.34. The van der Waals surface area contributed by atoms with Crippen LogP contribution in [0.3, 0.4) is 0 Å². The van der Waals surface area contributed by atoms with Gasteiger partial charge in [-0.25, -0.2) is 0 Å². The number of carbonyl (C=O) groups excluding carboxylic acids is 2. The minimum absolute atomic E-state index is 0. The summed E-state index contributed by atoms with van der Waals surface area (Å²) >= 11 is 5.43. The highest BCUT2D eigenvalue weighted by molar-refractivity contribution is 6.67. The number of amides is 1. The number of carbonyl (C=O) groups is 3. The molecule has 0 bridgehead atoms. The highest BCUT2D eigenvalue weighted by Crippen LogP contribution is 2.25. The zero-order valence-corrected chi connectivity index (χ0v) is 12.7. The summed E-state index contributed by atoms with van der Waals surface area (Å²) in [5.41, 5.74) is 1.70. The Kier molecular flexibility index (Phi) is 5.57. The van der Waals surface area contributed by atoms with Crippen LogP contribution in [0.15, 0.2) is 18.2 Å². The fourth-order valence-electron chi connectivity index (χ4n) is 2.15. The summed E-state index contributed by atoms with van der Waals surface area (Å²) in [4.78, 5) is 35.5. The predicted molar refractivity (Wildman–Crippen MR) is 80.0 cm³/mol. The average Bonchev–Trinajstić information content (AvgIpc) is 2.47. The van der Waals surface area contributed by atoms with Crippen molar-refractivity contribution >= 4 is 46.8 Å². The summed E-state index contributed by atoms with van der Waals surface area (Å²) in [5.74, 6) is -1.36. The molecule has 2 rings (SSSR count). The van der Waals surface area contributed by atoms with E-state index in [9.17, 15) is 14.4 Å². The first-order valence-electron chi connectivity index (χ1n) is 5.94. The van der Waals surface area contributed by atoms with Crippen molar-refractivity contribution in [1.82, 2.24) is 4.90 Å². The molecule has 6 nitrogen and oxygen atoms in total. The summed E-state index contributed by atoms with van der Waals surface area (Å²) in [6.07, 6.45) is -0.307. The standard InChI is InChI=1S/C13H13ClN2O4.ClH/c1-16-6-8-4-7(12(14)19)2-3-9(8)15-10(13(16)20)5-11(17)18;/h2-4,10,15H,5-6H2,1H3,(H,17,18);1H. The largest absolute Gasteiger partial charge is 0.481 e. The van der Waals surface area contributed by atoms with E-state index in [0.29, 0.717) is 11.3 Å². The number of hydrogen-bond donors (Lipinski definition) is 2. The second kappa shape index (κ2) is 6.78. The van der Waals surface area contributed by atoms with Crippen LogP contribution in [0.5, 0.6) is 0 Å². The van der Waals surface area contributed by atoms with Crippen LogP contribution in [0.1, 0.15) is 22.3 Å². The molecule has 0 spiro atoms. The lowest BCUT2D eigenvalue weighted by molar-refractivity contribution is -0.141. The Bertz CT molecular complexity index is 592. The molecule has 21 heavy (non-hydrogen) atoms. The number of aliphatic carboxylic acids is 1. The average molecular weight is 333 g/mol. The van der Waals surface area contributed by atoms with E-state index in [1.807, 2.05) is 0 Å². The molecule has 1 unspecified atom stereocenters. The van der Waals surface area contributed by atoms with Gasteiger partial charge in [-0.15, -0.1) is 12.4 Å². The number of nitrogens with zero attached hydrogens (tertiary/aromatic N) is 1. The van der Waals surface area contributed by atoms with Gasteiger partial charge in [0.1, 0.15) is 6.04 Å². The Morgan fingerprint density at radius 1 is 1.48 bits per heavy atom. The van der Waals surface area contributed by atoms with Crippen LogP contribution in [0.2, 0.25) is 0 Å². The second-order valence-electron chi connectivity index (χ2n) is 4.63. The lowest BCUT2D eigenvalue weighted by Gasteiger charge is -2.19. The van der Waals surface area contributed by atoms with E-state index < -0.39 is 17.3 Å². The highest BCUT2D eigenvalue weighted by atomic mass is 35.5. The number of carboxylic acid groups (broad SMARTS) is 1. The van der Waals surface area contributed by atoms with Crippen molar-refractivity contribution in [3.8, 4) is 0 Å². The van der Waals surface area contributed by atoms with Crippen molar-refractivity contribution in [2.24, 2.45) is 0 Å². The minimum atomic E-state index is -1.06. The molecule has 0 fully saturated rings. The zero-order valence-electron chi connectivity index (χ0n) is 11.1. The number of benzene rings is 1. The van der Waals surface area contributed by atoms with Gasteiger partial charge in [0.2, 0.25) is 5.91 Å². The summed E-state index contributed by atoms with van der Waals surface area (Å²) in [6, 6.07) is 3.95. The summed E-state index contributed by atoms with van der Waals surface area (Å²) in [6.45, 7) is 0.287. The van der Waals surface area contributed by atoms with Crippen LogP contribution in [0.4, 0.5) is 5.69 Å². The van der Waals surface area contributed by atoms with E-state index >= 15 is 0 Å². The molecule has 1 aliphatic heterocycles. The number of halogens is 2.